The van der Waals surface area contributed by atoms with E-state index in [1.54, 1.807) is 42.5 Å². The van der Waals surface area contributed by atoms with E-state index in [-0.39, 0.29) is 24.0 Å². The Balaban J connectivity index is 1.68. The summed E-state index contributed by atoms with van der Waals surface area (Å²) in [6, 6.07) is 13.9. The first-order chi connectivity index (χ1) is 15.5. The lowest BCUT2D eigenvalue weighted by atomic mass is 9.89. The maximum Gasteiger partial charge on any atom is 0.314 e. The van der Waals surface area contributed by atoms with Gasteiger partial charge in [-0.1, -0.05) is 49.1 Å². The lowest BCUT2D eigenvalue weighted by molar-refractivity contribution is -0.140. The van der Waals surface area contributed by atoms with Crippen molar-refractivity contribution in [3.05, 3.63) is 64.2 Å². The first kappa shape index (κ1) is 23.4. The smallest absolute Gasteiger partial charge is 0.314 e. The Kier molecular flexibility index (Phi) is 8.29. The van der Waals surface area contributed by atoms with Crippen LogP contribution in [0.3, 0.4) is 0 Å². The topological polar surface area (TPSA) is 88.4 Å². The number of ether oxygens (including phenoxy) is 2. The molecule has 7 heteroatoms. The predicted molar refractivity (Wildman–Crippen MR) is 122 cm³/mol. The minimum Gasteiger partial charge on any atom is -0.493 e. The van der Waals surface area contributed by atoms with Crippen LogP contribution < -0.4 is 14.8 Å². The standard InChI is InChI=1S/C25H25ClN2O4/c1-31-23-14-18(9-12-22(23)32-25(30)19-5-3-2-4-6-19)13-20(15-27)24(29)28-16-17-7-10-21(26)11-8-17/h7-14,19H,2-6,16H2,1H3,(H,28,29)/b20-13+. The van der Waals surface area contributed by atoms with Gasteiger partial charge in [0.05, 0.1) is 13.0 Å². The molecule has 166 valence electrons. The number of halogens is 1. The number of carbonyl (C=O) groups is 2. The van der Waals surface area contributed by atoms with Crippen LogP contribution in [-0.2, 0) is 16.1 Å². The van der Waals surface area contributed by atoms with Crippen molar-refractivity contribution in [2.24, 2.45) is 5.92 Å². The summed E-state index contributed by atoms with van der Waals surface area (Å²) in [5, 5.41) is 12.8. The number of nitriles is 1. The van der Waals surface area contributed by atoms with Crippen LogP contribution in [0.25, 0.3) is 6.08 Å². The van der Waals surface area contributed by atoms with Gasteiger partial charge in [0.1, 0.15) is 11.6 Å². The van der Waals surface area contributed by atoms with Gasteiger partial charge >= 0.3 is 5.97 Å². The predicted octanol–water partition coefficient (Wildman–Crippen LogP) is 5.06. The molecule has 0 aromatic heterocycles. The van der Waals surface area contributed by atoms with Crippen molar-refractivity contribution < 1.29 is 19.1 Å². The molecular formula is C25H25ClN2O4. The van der Waals surface area contributed by atoms with Crippen LogP contribution in [0.2, 0.25) is 5.02 Å². The number of hydrogen-bond donors (Lipinski definition) is 1. The highest BCUT2D eigenvalue weighted by atomic mass is 35.5. The highest BCUT2D eigenvalue weighted by Gasteiger charge is 2.24. The normalized spacial score (nSPS) is 14.3. The zero-order valence-electron chi connectivity index (χ0n) is 17.9. The van der Waals surface area contributed by atoms with Crippen LogP contribution in [-0.4, -0.2) is 19.0 Å². The molecule has 2 aromatic rings. The summed E-state index contributed by atoms with van der Waals surface area (Å²) in [4.78, 5) is 24.9. The fourth-order valence-electron chi connectivity index (χ4n) is 3.58. The summed E-state index contributed by atoms with van der Waals surface area (Å²) < 4.78 is 10.9. The molecule has 0 heterocycles. The molecule has 1 amide bonds. The summed E-state index contributed by atoms with van der Waals surface area (Å²) in [6.45, 7) is 0.272. The van der Waals surface area contributed by atoms with Crippen LogP contribution in [0.5, 0.6) is 11.5 Å². The molecule has 0 spiro atoms. The number of benzene rings is 2. The van der Waals surface area contributed by atoms with Gasteiger partial charge in [-0.3, -0.25) is 9.59 Å². The van der Waals surface area contributed by atoms with Gasteiger partial charge in [0.15, 0.2) is 11.5 Å². The molecule has 3 rings (SSSR count). The summed E-state index contributed by atoms with van der Waals surface area (Å²) in [5.41, 5.74) is 1.40. The van der Waals surface area contributed by atoms with Crippen LogP contribution in [0.15, 0.2) is 48.0 Å². The van der Waals surface area contributed by atoms with Crippen LogP contribution in [0.1, 0.15) is 43.2 Å². The molecule has 32 heavy (non-hydrogen) atoms. The number of nitrogens with one attached hydrogen (secondary N) is 1. The third kappa shape index (κ3) is 6.35. The van der Waals surface area contributed by atoms with Gasteiger partial charge in [0.25, 0.3) is 5.91 Å². The van der Waals surface area contributed by atoms with Crippen molar-refractivity contribution in [2.45, 2.75) is 38.6 Å². The quantitative estimate of drug-likeness (QED) is 0.274. The number of nitrogens with zero attached hydrogens (tertiary/aromatic N) is 1. The van der Waals surface area contributed by atoms with E-state index in [1.165, 1.54) is 13.2 Å². The Morgan fingerprint density at radius 1 is 1.12 bits per heavy atom. The van der Waals surface area contributed by atoms with Crippen LogP contribution in [0.4, 0.5) is 0 Å². The van der Waals surface area contributed by atoms with Crippen molar-refractivity contribution in [1.29, 1.82) is 5.26 Å². The molecule has 1 aliphatic rings. The van der Waals surface area contributed by atoms with Gasteiger partial charge < -0.3 is 14.8 Å². The molecule has 1 fully saturated rings. The largest absolute Gasteiger partial charge is 0.493 e. The van der Waals surface area contributed by atoms with Gasteiger partial charge in [-0.15, -0.1) is 0 Å². The highest BCUT2D eigenvalue weighted by molar-refractivity contribution is 6.30. The SMILES string of the molecule is COc1cc(/C=C(\C#N)C(=O)NCc2ccc(Cl)cc2)ccc1OC(=O)C1CCCCC1. The summed E-state index contributed by atoms with van der Waals surface area (Å²) in [6.07, 6.45) is 6.39. The zero-order valence-corrected chi connectivity index (χ0v) is 18.7. The molecule has 0 saturated heterocycles. The number of hydrogen-bond acceptors (Lipinski definition) is 5. The van der Waals surface area contributed by atoms with Crippen LogP contribution >= 0.6 is 11.6 Å². The van der Waals surface area contributed by atoms with Crippen molar-refractivity contribution >= 4 is 29.6 Å². The summed E-state index contributed by atoms with van der Waals surface area (Å²) in [5.74, 6) is -0.130. The number of esters is 1. The van der Waals surface area contributed by atoms with E-state index in [0.29, 0.717) is 22.1 Å². The van der Waals surface area contributed by atoms with Gasteiger partial charge in [-0.25, -0.2) is 0 Å². The van der Waals surface area contributed by atoms with E-state index in [1.807, 2.05) is 6.07 Å². The second kappa shape index (κ2) is 11.4. The number of rotatable bonds is 7. The minimum absolute atomic E-state index is 0.0482. The number of amides is 1. The Bertz CT molecular complexity index is 1030. The second-order valence-electron chi connectivity index (χ2n) is 7.65. The lowest BCUT2D eigenvalue weighted by Crippen LogP contribution is -2.24. The third-order valence-electron chi connectivity index (χ3n) is 5.38. The van der Waals surface area contributed by atoms with E-state index in [0.717, 1.165) is 37.7 Å². The van der Waals surface area contributed by atoms with E-state index in [9.17, 15) is 14.9 Å². The maximum atomic E-state index is 12.4. The molecule has 0 bridgehead atoms. The van der Waals surface area contributed by atoms with Gasteiger partial charge in [-0.05, 0) is 54.3 Å². The van der Waals surface area contributed by atoms with Crippen molar-refractivity contribution in [1.82, 2.24) is 5.32 Å². The van der Waals surface area contributed by atoms with Crippen molar-refractivity contribution in [3.8, 4) is 17.6 Å². The van der Waals surface area contributed by atoms with Crippen molar-refractivity contribution in [3.63, 3.8) is 0 Å². The lowest BCUT2D eigenvalue weighted by Gasteiger charge is -2.20. The average molecular weight is 453 g/mol. The molecule has 0 aliphatic heterocycles. The number of carbonyl (C=O) groups excluding carboxylic acids is 2. The van der Waals surface area contributed by atoms with Gasteiger partial charge in [0, 0.05) is 11.6 Å². The Labute approximate surface area is 192 Å². The first-order valence-corrected chi connectivity index (χ1v) is 10.9. The third-order valence-corrected chi connectivity index (χ3v) is 5.63. The highest BCUT2D eigenvalue weighted by Crippen LogP contribution is 2.32. The summed E-state index contributed by atoms with van der Waals surface area (Å²) >= 11 is 5.86. The Morgan fingerprint density at radius 2 is 1.84 bits per heavy atom. The van der Waals surface area contributed by atoms with E-state index >= 15 is 0 Å². The average Bonchev–Trinajstić information content (AvgIpc) is 2.83. The zero-order chi connectivity index (χ0) is 22.9. The molecule has 1 saturated carbocycles. The van der Waals surface area contributed by atoms with E-state index < -0.39 is 5.91 Å². The molecule has 0 radical (unpaired) electrons. The monoisotopic (exact) mass is 452 g/mol. The molecule has 6 nitrogen and oxygen atoms in total. The fourth-order valence-corrected chi connectivity index (χ4v) is 3.71. The summed E-state index contributed by atoms with van der Waals surface area (Å²) in [7, 11) is 1.48. The Hall–Kier alpha value is -3.30. The molecule has 1 N–H and O–H groups in total. The van der Waals surface area contributed by atoms with E-state index in [2.05, 4.69) is 5.32 Å². The molecule has 0 unspecified atom stereocenters. The number of methoxy groups -OCH3 is 1. The molecule has 0 atom stereocenters. The molecule has 1 aliphatic carbocycles. The molecular weight excluding hydrogens is 428 g/mol. The maximum absolute atomic E-state index is 12.4. The minimum atomic E-state index is -0.491. The Morgan fingerprint density at radius 3 is 2.50 bits per heavy atom. The fraction of sp³-hybridized carbons (Fsp3) is 0.320. The second-order valence-corrected chi connectivity index (χ2v) is 8.08. The van der Waals surface area contributed by atoms with Crippen LogP contribution in [0, 0.1) is 17.2 Å². The first-order valence-electron chi connectivity index (χ1n) is 10.5. The van der Waals surface area contributed by atoms with Crippen molar-refractivity contribution in [2.75, 3.05) is 7.11 Å². The van der Waals surface area contributed by atoms with Gasteiger partial charge in [-0.2, -0.15) is 5.26 Å². The van der Waals surface area contributed by atoms with Gasteiger partial charge in [0.2, 0.25) is 0 Å². The molecule has 2 aromatic carbocycles. The van der Waals surface area contributed by atoms with E-state index in [4.69, 9.17) is 21.1 Å².